The molecule has 4 saturated heterocycles. The highest BCUT2D eigenvalue weighted by atomic mass is 19.1. The molecule has 0 unspecified atom stereocenters. The molecular formula is C26H34FNO7. The van der Waals surface area contributed by atoms with Gasteiger partial charge >= 0.3 is 5.97 Å². The first-order valence-electron chi connectivity index (χ1n) is 12.6. The van der Waals surface area contributed by atoms with Crippen molar-refractivity contribution >= 4 is 11.9 Å². The lowest BCUT2D eigenvalue weighted by Crippen LogP contribution is -2.70. The van der Waals surface area contributed by atoms with Crippen LogP contribution in [0.25, 0.3) is 0 Å². The number of nitrogens with one attached hydrogen (secondary N) is 1. The van der Waals surface area contributed by atoms with E-state index in [0.717, 1.165) is 24.8 Å². The quantitative estimate of drug-likeness (QED) is 0.475. The minimum atomic E-state index is -0.894. The van der Waals surface area contributed by atoms with Gasteiger partial charge in [-0.1, -0.05) is 26.0 Å². The summed E-state index contributed by atoms with van der Waals surface area (Å²) in [4.78, 5) is 36.7. The smallest absolute Gasteiger partial charge is 0.308 e. The summed E-state index contributed by atoms with van der Waals surface area (Å²) in [6.07, 6.45) is 2.05. The molecule has 8 atom stereocenters. The van der Waals surface area contributed by atoms with Gasteiger partial charge in [0, 0.05) is 31.2 Å². The van der Waals surface area contributed by atoms with Crippen molar-refractivity contribution in [2.45, 2.75) is 89.8 Å². The van der Waals surface area contributed by atoms with E-state index in [1.807, 2.05) is 13.8 Å². The Balaban J connectivity index is 1.19. The van der Waals surface area contributed by atoms with Gasteiger partial charge in [-0.25, -0.2) is 14.2 Å². The lowest BCUT2D eigenvalue weighted by Gasteiger charge is -2.59. The van der Waals surface area contributed by atoms with Crippen molar-refractivity contribution in [3.63, 3.8) is 0 Å². The fraction of sp³-hybridized carbons (Fsp3) is 0.692. The van der Waals surface area contributed by atoms with Crippen molar-refractivity contribution in [1.29, 1.82) is 0 Å². The average Bonchev–Trinajstić information content (AvgIpc) is 3.06. The number of esters is 1. The van der Waals surface area contributed by atoms with Gasteiger partial charge in [-0.05, 0) is 55.7 Å². The summed E-state index contributed by atoms with van der Waals surface area (Å²) in [7, 11) is 0. The molecule has 192 valence electrons. The first-order valence-corrected chi connectivity index (χ1v) is 12.6. The van der Waals surface area contributed by atoms with Crippen molar-refractivity contribution in [3.8, 4) is 0 Å². The topological polar surface area (TPSA) is 92.3 Å². The number of carbonyl (C=O) groups is 2. The number of benzene rings is 1. The van der Waals surface area contributed by atoms with Gasteiger partial charge in [-0.2, -0.15) is 0 Å². The molecule has 1 amide bonds. The molecule has 5 aliphatic rings. The average molecular weight is 492 g/mol. The maximum absolute atomic E-state index is 13.0. The molecule has 4 aliphatic heterocycles. The second kappa shape index (κ2) is 9.42. The van der Waals surface area contributed by atoms with Gasteiger partial charge in [0.25, 0.3) is 0 Å². The van der Waals surface area contributed by atoms with Crippen molar-refractivity contribution < 1.29 is 38.0 Å². The molecule has 1 saturated carbocycles. The summed E-state index contributed by atoms with van der Waals surface area (Å²) in [6, 6.07) is 5.88. The van der Waals surface area contributed by atoms with Crippen molar-refractivity contribution in [1.82, 2.24) is 5.32 Å². The van der Waals surface area contributed by atoms with Gasteiger partial charge in [-0.3, -0.25) is 9.59 Å². The molecule has 1 spiro atoms. The third-order valence-electron chi connectivity index (χ3n) is 8.30. The largest absolute Gasteiger partial charge is 0.435 e. The van der Waals surface area contributed by atoms with Crippen LogP contribution < -0.4 is 5.32 Å². The SMILES string of the molecule is C[C@H]1[C@H](OC(=O)CCC(=O)NCc2ccc(F)cc2)O[C@H]2O[C@]3(C)CC[C@H]4[C@@H](C)CC[C@H]1[C@@]24OO3. The fourth-order valence-electron chi connectivity index (χ4n) is 6.30. The Morgan fingerprint density at radius 1 is 1.09 bits per heavy atom. The molecule has 1 aromatic carbocycles. The van der Waals surface area contributed by atoms with Crippen LogP contribution in [-0.2, 0) is 40.1 Å². The minimum Gasteiger partial charge on any atom is -0.435 e. The standard InChI is InChI=1S/C26H34FNO7/c1-15-4-9-20-16(2)23(32-24-26(20)19(15)12-13-25(3,33-24)34-35-26)31-22(30)11-10-21(29)28-14-17-5-7-18(27)8-6-17/h5-8,15-16,19-20,23-24H,4,9-14H2,1-3H3,(H,28,29)/t15-,16+,19-,20+,23+,24-,25-,26+/m0/s1. The molecule has 0 aromatic heterocycles. The molecule has 8 nitrogen and oxygen atoms in total. The highest BCUT2D eigenvalue weighted by molar-refractivity contribution is 5.81. The monoisotopic (exact) mass is 491 g/mol. The highest BCUT2D eigenvalue weighted by Crippen LogP contribution is 2.60. The van der Waals surface area contributed by atoms with Crippen LogP contribution in [0.3, 0.4) is 0 Å². The van der Waals surface area contributed by atoms with Crippen LogP contribution in [0.15, 0.2) is 24.3 Å². The van der Waals surface area contributed by atoms with Crippen LogP contribution in [0.5, 0.6) is 0 Å². The van der Waals surface area contributed by atoms with E-state index in [2.05, 4.69) is 12.2 Å². The van der Waals surface area contributed by atoms with Crippen LogP contribution in [0.2, 0.25) is 0 Å². The van der Waals surface area contributed by atoms with Gasteiger partial charge in [-0.15, -0.1) is 0 Å². The second-order valence-corrected chi connectivity index (χ2v) is 10.7. The van der Waals surface area contributed by atoms with Crippen molar-refractivity contribution in [2.75, 3.05) is 0 Å². The summed E-state index contributed by atoms with van der Waals surface area (Å²) >= 11 is 0. The van der Waals surface area contributed by atoms with Crippen LogP contribution >= 0.6 is 0 Å². The van der Waals surface area contributed by atoms with E-state index >= 15 is 0 Å². The maximum atomic E-state index is 13.0. The zero-order chi connectivity index (χ0) is 24.8. The Morgan fingerprint density at radius 2 is 1.86 bits per heavy atom. The number of rotatable bonds is 6. The van der Waals surface area contributed by atoms with Crippen LogP contribution in [0.4, 0.5) is 4.39 Å². The Labute approximate surface area is 204 Å². The predicted molar refractivity (Wildman–Crippen MR) is 120 cm³/mol. The molecule has 5 fully saturated rings. The van der Waals surface area contributed by atoms with E-state index < -0.39 is 29.9 Å². The van der Waals surface area contributed by atoms with Gasteiger partial charge < -0.3 is 19.5 Å². The third-order valence-corrected chi connectivity index (χ3v) is 8.30. The molecule has 1 N–H and O–H groups in total. The van der Waals surface area contributed by atoms with Gasteiger partial charge in [0.05, 0.1) is 6.42 Å². The number of ether oxygens (including phenoxy) is 3. The molecule has 4 heterocycles. The highest BCUT2D eigenvalue weighted by Gasteiger charge is 2.69. The molecular weight excluding hydrogens is 457 g/mol. The van der Waals surface area contributed by atoms with Gasteiger partial charge in [0.15, 0.2) is 11.9 Å². The molecule has 2 bridgehead atoms. The predicted octanol–water partition coefficient (Wildman–Crippen LogP) is 3.97. The first kappa shape index (κ1) is 24.6. The number of halogens is 1. The normalized spacial score (nSPS) is 39.9. The summed E-state index contributed by atoms with van der Waals surface area (Å²) < 4.78 is 31.2. The molecule has 35 heavy (non-hydrogen) atoms. The first-order chi connectivity index (χ1) is 16.7. The molecule has 1 aliphatic carbocycles. The van der Waals surface area contributed by atoms with Crippen molar-refractivity contribution in [3.05, 3.63) is 35.6 Å². The number of hydrogen-bond acceptors (Lipinski definition) is 7. The summed E-state index contributed by atoms with van der Waals surface area (Å²) in [6.45, 7) is 6.37. The molecule has 1 aromatic rings. The summed E-state index contributed by atoms with van der Waals surface area (Å²) in [5.74, 6) is -1.39. The van der Waals surface area contributed by atoms with Crippen LogP contribution in [0.1, 0.15) is 64.9 Å². The van der Waals surface area contributed by atoms with Crippen LogP contribution in [0, 0.1) is 29.5 Å². The van der Waals surface area contributed by atoms with Gasteiger partial charge in [0.2, 0.25) is 18.0 Å². The van der Waals surface area contributed by atoms with E-state index in [0.29, 0.717) is 12.3 Å². The number of carbonyl (C=O) groups excluding carboxylic acids is 2. The Kier molecular flexibility index (Phi) is 6.63. The molecule has 6 rings (SSSR count). The van der Waals surface area contributed by atoms with E-state index in [1.54, 1.807) is 12.1 Å². The number of amides is 1. The zero-order valence-electron chi connectivity index (χ0n) is 20.5. The number of fused-ring (bicyclic) bond motifs is 2. The van der Waals surface area contributed by atoms with E-state index in [-0.39, 0.29) is 48.9 Å². The minimum absolute atomic E-state index is 0.0109. The molecule has 0 radical (unpaired) electrons. The fourth-order valence-corrected chi connectivity index (χ4v) is 6.30. The number of hydrogen-bond donors (Lipinski definition) is 1. The second-order valence-electron chi connectivity index (χ2n) is 10.7. The van der Waals surface area contributed by atoms with Gasteiger partial charge in [0.1, 0.15) is 5.82 Å². The maximum Gasteiger partial charge on any atom is 0.308 e. The Hall–Kier alpha value is -2.07. The van der Waals surface area contributed by atoms with Crippen LogP contribution in [-0.4, -0.2) is 35.8 Å². The molecule has 9 heteroatoms. The summed E-state index contributed by atoms with van der Waals surface area (Å²) in [5.41, 5.74) is 0.0642. The Bertz CT molecular complexity index is 958. The third kappa shape index (κ3) is 4.59. The van der Waals surface area contributed by atoms with E-state index in [9.17, 15) is 14.0 Å². The van der Waals surface area contributed by atoms with E-state index in [1.165, 1.54) is 12.1 Å². The Morgan fingerprint density at radius 3 is 2.63 bits per heavy atom. The lowest BCUT2D eigenvalue weighted by atomic mass is 9.58. The lowest BCUT2D eigenvalue weighted by molar-refractivity contribution is -0.576. The zero-order valence-corrected chi connectivity index (χ0v) is 20.5. The van der Waals surface area contributed by atoms with Crippen molar-refractivity contribution in [2.24, 2.45) is 23.7 Å². The summed E-state index contributed by atoms with van der Waals surface area (Å²) in [5, 5.41) is 2.73. The van der Waals surface area contributed by atoms with E-state index in [4.69, 9.17) is 24.0 Å².